The van der Waals surface area contributed by atoms with Gasteiger partial charge in [0.15, 0.2) is 0 Å². The molecule has 20 heavy (non-hydrogen) atoms. The second-order valence-corrected chi connectivity index (χ2v) is 5.91. The van der Waals surface area contributed by atoms with Gasteiger partial charge in [-0.25, -0.2) is 0 Å². The van der Waals surface area contributed by atoms with E-state index in [-0.39, 0.29) is 18.9 Å². The summed E-state index contributed by atoms with van der Waals surface area (Å²) in [7, 11) is 0. The number of hydrogen-bond acceptors (Lipinski definition) is 4. The Bertz CT molecular complexity index is 485. The van der Waals surface area contributed by atoms with Crippen LogP contribution in [0, 0.1) is 11.8 Å². The molecule has 110 valence electrons. The number of rotatable bonds is 2. The fourth-order valence-corrected chi connectivity index (χ4v) is 2.79. The molecule has 2 atom stereocenters. The van der Waals surface area contributed by atoms with E-state index >= 15 is 0 Å². The highest BCUT2D eigenvalue weighted by molar-refractivity contribution is 6.06. The summed E-state index contributed by atoms with van der Waals surface area (Å²) in [6.07, 6.45) is 1.22. The SMILES string of the molecule is CC1(C)C(=O)NC(=O)CN1C(=O)C1CCC(C(=O)O)C1. The van der Waals surface area contributed by atoms with Gasteiger partial charge < -0.3 is 10.0 Å². The van der Waals surface area contributed by atoms with Crippen LogP contribution in [0.4, 0.5) is 0 Å². The van der Waals surface area contributed by atoms with Crippen molar-refractivity contribution in [1.82, 2.24) is 10.2 Å². The molecule has 7 nitrogen and oxygen atoms in total. The van der Waals surface area contributed by atoms with Gasteiger partial charge in [-0.05, 0) is 33.1 Å². The highest BCUT2D eigenvalue weighted by atomic mass is 16.4. The van der Waals surface area contributed by atoms with Gasteiger partial charge in [-0.3, -0.25) is 24.5 Å². The molecular formula is C13H18N2O5. The highest BCUT2D eigenvalue weighted by Gasteiger charge is 2.46. The van der Waals surface area contributed by atoms with Gasteiger partial charge in [0, 0.05) is 5.92 Å². The summed E-state index contributed by atoms with van der Waals surface area (Å²) in [5, 5.41) is 11.2. The zero-order chi connectivity index (χ0) is 15.1. The molecule has 0 bridgehead atoms. The molecule has 0 aromatic rings. The van der Waals surface area contributed by atoms with Crippen molar-refractivity contribution in [1.29, 1.82) is 0 Å². The standard InChI is InChI=1S/C13H18N2O5/c1-13(2)12(20)14-9(16)6-15(13)10(17)7-3-4-8(5-7)11(18)19/h7-8H,3-6H2,1-2H3,(H,18,19)(H,14,16,20). The highest BCUT2D eigenvalue weighted by Crippen LogP contribution is 2.34. The Hall–Kier alpha value is -1.92. The average molecular weight is 282 g/mol. The lowest BCUT2D eigenvalue weighted by atomic mass is 9.95. The van der Waals surface area contributed by atoms with E-state index in [9.17, 15) is 19.2 Å². The lowest BCUT2D eigenvalue weighted by molar-refractivity contribution is -0.157. The molecule has 7 heteroatoms. The van der Waals surface area contributed by atoms with E-state index in [2.05, 4.69) is 5.32 Å². The van der Waals surface area contributed by atoms with Crippen LogP contribution in [-0.4, -0.2) is 45.8 Å². The van der Waals surface area contributed by atoms with E-state index in [0.29, 0.717) is 12.8 Å². The first-order valence-electron chi connectivity index (χ1n) is 6.62. The summed E-state index contributed by atoms with van der Waals surface area (Å²) in [5.41, 5.74) is -1.09. The maximum Gasteiger partial charge on any atom is 0.306 e. The van der Waals surface area contributed by atoms with Gasteiger partial charge in [0.1, 0.15) is 12.1 Å². The summed E-state index contributed by atoms with van der Waals surface area (Å²) >= 11 is 0. The minimum absolute atomic E-state index is 0.161. The minimum Gasteiger partial charge on any atom is -0.481 e. The maximum absolute atomic E-state index is 12.5. The van der Waals surface area contributed by atoms with Gasteiger partial charge in [0.05, 0.1) is 5.92 Å². The van der Waals surface area contributed by atoms with E-state index in [1.807, 2.05) is 0 Å². The monoisotopic (exact) mass is 282 g/mol. The Labute approximate surface area is 116 Å². The van der Waals surface area contributed by atoms with Crippen molar-refractivity contribution in [2.45, 2.75) is 38.6 Å². The molecular weight excluding hydrogens is 264 g/mol. The van der Waals surface area contributed by atoms with Gasteiger partial charge in [0.2, 0.25) is 11.8 Å². The van der Waals surface area contributed by atoms with Crippen molar-refractivity contribution >= 4 is 23.7 Å². The third kappa shape index (κ3) is 2.39. The molecule has 0 aromatic heterocycles. The van der Waals surface area contributed by atoms with Gasteiger partial charge in [-0.1, -0.05) is 0 Å². The molecule has 1 aliphatic carbocycles. The number of carboxylic acids is 1. The number of carbonyl (C=O) groups excluding carboxylic acids is 3. The van der Waals surface area contributed by atoms with Crippen LogP contribution in [0.2, 0.25) is 0 Å². The molecule has 2 fully saturated rings. The predicted octanol–water partition coefficient (Wildman–Crippen LogP) is -0.249. The number of carbonyl (C=O) groups is 4. The van der Waals surface area contributed by atoms with Crippen LogP contribution in [0.5, 0.6) is 0 Å². The number of nitrogens with one attached hydrogen (secondary N) is 1. The lowest BCUT2D eigenvalue weighted by Gasteiger charge is -2.41. The Morgan fingerprint density at radius 1 is 1.25 bits per heavy atom. The fourth-order valence-electron chi connectivity index (χ4n) is 2.79. The number of carboxylic acid groups (broad SMARTS) is 1. The van der Waals surface area contributed by atoms with Gasteiger partial charge in [-0.2, -0.15) is 0 Å². The molecule has 0 spiro atoms. The molecule has 3 amide bonds. The summed E-state index contributed by atoms with van der Waals surface area (Å²) in [6, 6.07) is 0. The largest absolute Gasteiger partial charge is 0.481 e. The van der Waals surface area contributed by atoms with Crippen LogP contribution in [0.1, 0.15) is 33.1 Å². The molecule has 0 aromatic carbocycles. The van der Waals surface area contributed by atoms with E-state index in [1.54, 1.807) is 13.8 Å². The third-order valence-corrected chi connectivity index (χ3v) is 4.18. The second kappa shape index (κ2) is 4.88. The van der Waals surface area contributed by atoms with Crippen LogP contribution >= 0.6 is 0 Å². The van der Waals surface area contributed by atoms with Crippen LogP contribution < -0.4 is 5.32 Å². The van der Waals surface area contributed by atoms with Crippen LogP contribution in [0.15, 0.2) is 0 Å². The number of hydrogen-bond donors (Lipinski definition) is 2. The van der Waals surface area contributed by atoms with Crippen molar-refractivity contribution in [2.75, 3.05) is 6.54 Å². The zero-order valence-electron chi connectivity index (χ0n) is 11.5. The lowest BCUT2D eigenvalue weighted by Crippen LogP contribution is -2.66. The van der Waals surface area contributed by atoms with Crippen molar-refractivity contribution in [3.63, 3.8) is 0 Å². The molecule has 2 rings (SSSR count). The molecule has 1 saturated heterocycles. The Morgan fingerprint density at radius 3 is 2.40 bits per heavy atom. The van der Waals surface area contributed by atoms with E-state index in [4.69, 9.17) is 5.11 Å². The van der Waals surface area contributed by atoms with Crippen LogP contribution in [0.3, 0.4) is 0 Å². The predicted molar refractivity (Wildman–Crippen MR) is 67.4 cm³/mol. The molecule has 1 heterocycles. The van der Waals surface area contributed by atoms with Crippen molar-refractivity contribution in [3.8, 4) is 0 Å². The topological polar surface area (TPSA) is 104 Å². The first kappa shape index (κ1) is 14.5. The molecule has 2 N–H and O–H groups in total. The first-order valence-corrected chi connectivity index (χ1v) is 6.62. The quantitative estimate of drug-likeness (QED) is 0.680. The van der Waals surface area contributed by atoms with Gasteiger partial charge >= 0.3 is 5.97 Å². The van der Waals surface area contributed by atoms with Crippen LogP contribution in [0.25, 0.3) is 0 Å². The van der Waals surface area contributed by atoms with E-state index < -0.39 is 35.2 Å². The number of amides is 3. The van der Waals surface area contributed by atoms with Crippen molar-refractivity contribution < 1.29 is 24.3 Å². The summed E-state index contributed by atoms with van der Waals surface area (Å²) in [4.78, 5) is 47.9. The Morgan fingerprint density at radius 2 is 1.85 bits per heavy atom. The van der Waals surface area contributed by atoms with E-state index in [0.717, 1.165) is 0 Å². The summed E-state index contributed by atoms with van der Waals surface area (Å²) < 4.78 is 0. The number of piperazine rings is 1. The second-order valence-electron chi connectivity index (χ2n) is 5.91. The van der Waals surface area contributed by atoms with Crippen molar-refractivity contribution in [3.05, 3.63) is 0 Å². The number of imide groups is 1. The minimum atomic E-state index is -1.09. The van der Waals surface area contributed by atoms with Gasteiger partial charge in [-0.15, -0.1) is 0 Å². The first-order chi connectivity index (χ1) is 9.23. The molecule has 0 radical (unpaired) electrons. The van der Waals surface area contributed by atoms with Crippen LogP contribution in [-0.2, 0) is 19.2 Å². The molecule has 1 saturated carbocycles. The molecule has 2 aliphatic rings. The Balaban J connectivity index is 2.14. The van der Waals surface area contributed by atoms with Crippen molar-refractivity contribution in [2.24, 2.45) is 11.8 Å². The number of nitrogens with zero attached hydrogens (tertiary/aromatic N) is 1. The summed E-state index contributed by atoms with van der Waals surface area (Å²) in [6.45, 7) is 3.00. The normalized spacial score (nSPS) is 29.2. The zero-order valence-corrected chi connectivity index (χ0v) is 11.5. The third-order valence-electron chi connectivity index (χ3n) is 4.18. The summed E-state index contributed by atoms with van der Waals surface area (Å²) in [5.74, 6) is -3.14. The Kier molecular flexibility index (Phi) is 3.54. The molecule has 2 unspecified atom stereocenters. The fraction of sp³-hybridized carbons (Fsp3) is 0.692. The smallest absolute Gasteiger partial charge is 0.306 e. The average Bonchev–Trinajstić information content (AvgIpc) is 2.83. The maximum atomic E-state index is 12.5. The number of aliphatic carboxylic acids is 1. The van der Waals surface area contributed by atoms with E-state index in [1.165, 1.54) is 4.90 Å². The molecule has 1 aliphatic heterocycles. The van der Waals surface area contributed by atoms with Gasteiger partial charge in [0.25, 0.3) is 5.91 Å².